The van der Waals surface area contributed by atoms with E-state index in [0.717, 1.165) is 105 Å². The van der Waals surface area contributed by atoms with Gasteiger partial charge in [-0.25, -0.2) is 9.97 Å². The van der Waals surface area contributed by atoms with Crippen molar-refractivity contribution < 1.29 is 4.74 Å². The van der Waals surface area contributed by atoms with Crippen LogP contribution in [0.2, 0.25) is 5.02 Å². The molecule has 36 heavy (non-hydrogen) atoms. The average molecular weight is 536 g/mol. The fraction of sp³-hybridized carbons (Fsp3) is 0.560. The van der Waals surface area contributed by atoms with Gasteiger partial charge in [0.05, 0.1) is 5.39 Å². The molecule has 0 saturated carbocycles. The van der Waals surface area contributed by atoms with E-state index in [2.05, 4.69) is 66.7 Å². The molecule has 0 spiro atoms. The van der Waals surface area contributed by atoms with E-state index in [1.807, 2.05) is 6.07 Å². The number of hydrogen-bond donors (Lipinski definition) is 1. The summed E-state index contributed by atoms with van der Waals surface area (Å²) in [5.41, 5.74) is 4.12. The molecule has 11 heteroatoms. The molecule has 1 N–H and O–H groups in total. The summed E-state index contributed by atoms with van der Waals surface area (Å²) in [4.78, 5) is 18.5. The van der Waals surface area contributed by atoms with E-state index in [0.29, 0.717) is 11.6 Å². The number of fused-ring (bicyclic) bond motifs is 1. The van der Waals surface area contributed by atoms with Crippen molar-refractivity contribution >= 4 is 46.5 Å². The number of piperazine rings is 2. The van der Waals surface area contributed by atoms with Crippen molar-refractivity contribution in [1.82, 2.24) is 30.0 Å². The van der Waals surface area contributed by atoms with Crippen molar-refractivity contribution in [2.45, 2.75) is 20.3 Å². The van der Waals surface area contributed by atoms with E-state index < -0.39 is 0 Å². The van der Waals surface area contributed by atoms with E-state index in [-0.39, 0.29) is 12.4 Å². The van der Waals surface area contributed by atoms with Gasteiger partial charge in [-0.15, -0.1) is 12.4 Å². The number of ether oxygens (including phenoxy) is 1. The third kappa shape index (κ3) is 5.64. The van der Waals surface area contributed by atoms with Gasteiger partial charge < -0.3 is 19.4 Å². The van der Waals surface area contributed by atoms with Crippen LogP contribution in [0.4, 0.5) is 11.5 Å². The van der Waals surface area contributed by atoms with Crippen LogP contribution in [-0.4, -0.2) is 103 Å². The Labute approximate surface area is 224 Å². The number of nitrogens with one attached hydrogen (secondary N) is 1. The molecule has 0 aliphatic carbocycles. The van der Waals surface area contributed by atoms with Gasteiger partial charge in [0.15, 0.2) is 5.65 Å². The molecule has 2 saturated heterocycles. The maximum absolute atomic E-state index is 6.54. The molecular formula is C25H36Cl2N8O. The van der Waals surface area contributed by atoms with Gasteiger partial charge in [-0.05, 0) is 32.5 Å². The molecule has 0 atom stereocenters. The summed E-state index contributed by atoms with van der Waals surface area (Å²) in [5, 5.41) is 9.22. The minimum atomic E-state index is 0. The van der Waals surface area contributed by atoms with Gasteiger partial charge in [0.2, 0.25) is 0 Å². The van der Waals surface area contributed by atoms with Gasteiger partial charge >= 0.3 is 0 Å². The van der Waals surface area contributed by atoms with Crippen LogP contribution in [0.5, 0.6) is 5.75 Å². The normalized spacial score (nSPS) is 17.4. The van der Waals surface area contributed by atoms with Gasteiger partial charge in [0.1, 0.15) is 24.5 Å². The quantitative estimate of drug-likeness (QED) is 0.494. The van der Waals surface area contributed by atoms with Crippen LogP contribution in [0.1, 0.15) is 18.2 Å². The Kier molecular flexibility index (Phi) is 8.77. The third-order valence-electron chi connectivity index (χ3n) is 7.24. The Bertz CT molecular complexity index is 1160. The first-order valence-corrected chi connectivity index (χ1v) is 12.9. The van der Waals surface area contributed by atoms with E-state index in [9.17, 15) is 0 Å². The van der Waals surface area contributed by atoms with Crippen molar-refractivity contribution in [2.75, 3.05) is 82.4 Å². The molecular weight excluding hydrogens is 499 g/mol. The monoisotopic (exact) mass is 534 g/mol. The molecule has 1 aromatic carbocycles. The summed E-state index contributed by atoms with van der Waals surface area (Å²) in [6.07, 6.45) is 2.48. The molecule has 0 bridgehead atoms. The number of nitrogens with zero attached hydrogens (tertiary/aromatic N) is 7. The highest BCUT2D eigenvalue weighted by Crippen LogP contribution is 2.34. The molecule has 196 valence electrons. The van der Waals surface area contributed by atoms with Crippen LogP contribution in [0.3, 0.4) is 0 Å². The second-order valence-electron chi connectivity index (χ2n) is 9.47. The van der Waals surface area contributed by atoms with Crippen LogP contribution in [0.25, 0.3) is 11.0 Å². The lowest BCUT2D eigenvalue weighted by molar-refractivity contribution is 0.133. The summed E-state index contributed by atoms with van der Waals surface area (Å²) in [6.45, 7) is 13.8. The molecule has 9 nitrogen and oxygen atoms in total. The van der Waals surface area contributed by atoms with Gasteiger partial charge in [-0.3, -0.25) is 10.00 Å². The number of hydrogen-bond acceptors (Lipinski definition) is 8. The zero-order chi connectivity index (χ0) is 24.4. The standard InChI is InChI=1S/C25H35ClN8O.ClH/c1-4-20-23-24(30-29-20)27-17-28-25(23)34-11-9-33(10-12-34)21-15-19(26)16-22(18(21)2)35-14-13-32-7-5-31(3)6-8-32;/h15-17H,4-14H2,1-3H3,(H,27,28,29,30);1H. The Balaban J connectivity index is 0.00000304. The lowest BCUT2D eigenvalue weighted by Gasteiger charge is -2.38. The molecule has 3 aromatic rings. The van der Waals surface area contributed by atoms with Crippen molar-refractivity contribution in [1.29, 1.82) is 0 Å². The molecule has 0 radical (unpaired) electrons. The van der Waals surface area contributed by atoms with Crippen molar-refractivity contribution in [3.8, 4) is 5.75 Å². The number of aryl methyl sites for hydroxylation is 1. The third-order valence-corrected chi connectivity index (χ3v) is 7.46. The van der Waals surface area contributed by atoms with Crippen molar-refractivity contribution in [3.05, 3.63) is 34.7 Å². The molecule has 5 rings (SSSR count). The van der Waals surface area contributed by atoms with Crippen molar-refractivity contribution in [2.24, 2.45) is 0 Å². The van der Waals surface area contributed by atoms with E-state index in [1.165, 1.54) is 0 Å². The fourth-order valence-electron chi connectivity index (χ4n) is 5.03. The predicted molar refractivity (Wildman–Crippen MR) is 148 cm³/mol. The smallest absolute Gasteiger partial charge is 0.186 e. The molecule has 2 aliphatic heterocycles. The Hall–Kier alpha value is -2.33. The number of anilines is 2. The topological polar surface area (TPSA) is 76.6 Å². The number of aromatic nitrogens is 4. The molecule has 4 heterocycles. The molecule has 0 amide bonds. The van der Waals surface area contributed by atoms with Gasteiger partial charge in [-0.1, -0.05) is 18.5 Å². The van der Waals surface area contributed by atoms with Crippen LogP contribution >= 0.6 is 24.0 Å². The Morgan fingerprint density at radius 2 is 1.72 bits per heavy atom. The number of halogens is 2. The maximum Gasteiger partial charge on any atom is 0.186 e. The number of benzene rings is 1. The van der Waals surface area contributed by atoms with Gasteiger partial charge in [0, 0.05) is 80.9 Å². The average Bonchev–Trinajstić information content (AvgIpc) is 3.31. The maximum atomic E-state index is 6.54. The first-order valence-electron chi connectivity index (χ1n) is 12.5. The zero-order valence-corrected chi connectivity index (χ0v) is 22.9. The molecule has 2 aliphatic rings. The summed E-state index contributed by atoms with van der Waals surface area (Å²) in [6, 6.07) is 4.01. The first kappa shape index (κ1) is 26.7. The lowest BCUT2D eigenvalue weighted by atomic mass is 10.1. The number of aromatic amines is 1. The van der Waals surface area contributed by atoms with Crippen LogP contribution in [0, 0.1) is 6.92 Å². The fourth-order valence-corrected chi connectivity index (χ4v) is 5.23. The van der Waals surface area contributed by atoms with E-state index in [4.69, 9.17) is 16.3 Å². The number of rotatable bonds is 7. The highest BCUT2D eigenvalue weighted by Gasteiger charge is 2.24. The highest BCUT2D eigenvalue weighted by atomic mass is 35.5. The predicted octanol–water partition coefficient (Wildman–Crippen LogP) is 3.25. The number of likely N-dealkylation sites (N-methyl/N-ethyl adjacent to an activating group) is 1. The largest absolute Gasteiger partial charge is 0.492 e. The van der Waals surface area contributed by atoms with E-state index >= 15 is 0 Å². The summed E-state index contributed by atoms with van der Waals surface area (Å²) in [7, 11) is 2.18. The van der Waals surface area contributed by atoms with Gasteiger partial charge in [-0.2, -0.15) is 5.10 Å². The van der Waals surface area contributed by atoms with Crippen LogP contribution in [-0.2, 0) is 6.42 Å². The molecule has 0 unspecified atom stereocenters. The SMILES string of the molecule is CCc1[nH]nc2ncnc(N3CCN(c4cc(Cl)cc(OCCN5CCN(C)CC5)c4C)CC3)c12.Cl. The first-order chi connectivity index (χ1) is 17.0. The second kappa shape index (κ2) is 11.8. The van der Waals surface area contributed by atoms with Gasteiger partial charge in [0.25, 0.3) is 0 Å². The Morgan fingerprint density at radius 3 is 2.44 bits per heavy atom. The summed E-state index contributed by atoms with van der Waals surface area (Å²) in [5.74, 6) is 1.85. The minimum Gasteiger partial charge on any atom is -0.492 e. The molecule has 2 aromatic heterocycles. The Morgan fingerprint density at radius 1 is 1.00 bits per heavy atom. The molecule has 2 fully saturated rings. The minimum absolute atomic E-state index is 0. The second-order valence-corrected chi connectivity index (χ2v) is 9.90. The lowest BCUT2D eigenvalue weighted by Crippen LogP contribution is -2.47. The van der Waals surface area contributed by atoms with Crippen LogP contribution < -0.4 is 14.5 Å². The summed E-state index contributed by atoms with van der Waals surface area (Å²) < 4.78 is 6.23. The van der Waals surface area contributed by atoms with Crippen molar-refractivity contribution in [3.63, 3.8) is 0 Å². The highest BCUT2D eigenvalue weighted by molar-refractivity contribution is 6.31. The summed E-state index contributed by atoms with van der Waals surface area (Å²) >= 11 is 6.54. The number of H-pyrrole nitrogens is 1. The van der Waals surface area contributed by atoms with Crippen LogP contribution in [0.15, 0.2) is 18.5 Å². The van der Waals surface area contributed by atoms with E-state index in [1.54, 1.807) is 6.33 Å². The zero-order valence-electron chi connectivity index (χ0n) is 21.3.